The van der Waals surface area contributed by atoms with Gasteiger partial charge >= 0.3 is 6.30 Å². The number of hydrogen-bond donors (Lipinski definition) is 3. The average molecular weight is 197 g/mol. The molecule has 0 bridgehead atoms. The van der Waals surface area contributed by atoms with E-state index >= 15 is 0 Å². The van der Waals surface area contributed by atoms with Crippen molar-refractivity contribution >= 4 is 18.5 Å². The van der Waals surface area contributed by atoms with Gasteiger partial charge in [-0.1, -0.05) is 0 Å². The second-order valence-corrected chi connectivity index (χ2v) is 2.59. The normalized spacial score (nSPS) is 24.2. The Morgan fingerprint density at radius 1 is 1.58 bits per heavy atom. The molecule has 12 heavy (non-hydrogen) atoms. The van der Waals surface area contributed by atoms with Crippen LogP contribution >= 0.6 is 12.6 Å². The molecule has 1 unspecified atom stereocenters. The second kappa shape index (κ2) is 2.89. The fourth-order valence-electron chi connectivity index (χ4n) is 0.775. The van der Waals surface area contributed by atoms with Gasteiger partial charge in [-0.25, -0.2) is 4.90 Å². The van der Waals surface area contributed by atoms with Gasteiger partial charge in [0, 0.05) is 6.20 Å². The number of hydrogen-bond acceptors (Lipinski definition) is 3. The Morgan fingerprint density at radius 2 is 2.17 bits per heavy atom. The molecule has 1 aliphatic heterocycles. The van der Waals surface area contributed by atoms with Crippen LogP contribution < -0.4 is 5.32 Å². The molecule has 0 spiro atoms. The molecule has 0 aliphatic carbocycles. The molecule has 0 aromatic heterocycles. The highest BCUT2D eigenvalue weighted by atomic mass is 32.1. The van der Waals surface area contributed by atoms with Crippen LogP contribution in [-0.2, 0) is 0 Å². The van der Waals surface area contributed by atoms with Crippen LogP contribution in [0.1, 0.15) is 0 Å². The van der Waals surface area contributed by atoms with E-state index in [1.165, 1.54) is 6.20 Å². The lowest BCUT2D eigenvalue weighted by atomic mass is 10.4. The highest BCUT2D eigenvalue weighted by Gasteiger charge is 2.43. The number of thiol groups is 1. The molecular weight excluding hydrogens is 191 g/mol. The number of amidine groups is 1. The Morgan fingerprint density at radius 3 is 2.50 bits per heavy atom. The standard InChI is InChI=1S/C5H6F3N3S/c6-5(7,8)11-3(9)1-2-10-4(11)12/h1-2,4,9-10,12H. The SMILES string of the molecule is N=C1C=CNC(S)N1C(F)(F)F. The average Bonchev–Trinajstić information content (AvgIpc) is 1.82. The Kier molecular flexibility index (Phi) is 2.22. The van der Waals surface area contributed by atoms with Crippen molar-refractivity contribution in [3.05, 3.63) is 12.3 Å². The maximum Gasteiger partial charge on any atom is 0.488 e. The molecule has 1 atom stereocenters. The summed E-state index contributed by atoms with van der Waals surface area (Å²) in [4.78, 5) is -0.0872. The molecule has 0 fully saturated rings. The lowest BCUT2D eigenvalue weighted by Gasteiger charge is -2.33. The van der Waals surface area contributed by atoms with Gasteiger partial charge in [0.1, 0.15) is 5.84 Å². The third kappa shape index (κ3) is 1.66. The Hall–Kier alpha value is -0.850. The highest BCUT2D eigenvalue weighted by Crippen LogP contribution is 2.26. The van der Waals surface area contributed by atoms with Crippen molar-refractivity contribution in [2.45, 2.75) is 11.8 Å². The summed E-state index contributed by atoms with van der Waals surface area (Å²) in [6.45, 7) is 0. The molecule has 3 nitrogen and oxygen atoms in total. The predicted molar refractivity (Wildman–Crippen MR) is 40.7 cm³/mol. The van der Waals surface area contributed by atoms with Crippen molar-refractivity contribution in [1.82, 2.24) is 10.2 Å². The highest BCUT2D eigenvalue weighted by molar-refractivity contribution is 7.80. The van der Waals surface area contributed by atoms with Crippen molar-refractivity contribution in [1.29, 1.82) is 5.41 Å². The molecule has 0 radical (unpaired) electrons. The van der Waals surface area contributed by atoms with Gasteiger partial charge in [0.2, 0.25) is 0 Å². The molecule has 0 aromatic carbocycles. The first-order valence-electron chi connectivity index (χ1n) is 2.98. The molecular formula is C5H6F3N3S. The summed E-state index contributed by atoms with van der Waals surface area (Å²) in [5.41, 5.74) is -1.22. The van der Waals surface area contributed by atoms with Gasteiger partial charge < -0.3 is 5.32 Å². The van der Waals surface area contributed by atoms with Crippen LogP contribution in [0.3, 0.4) is 0 Å². The third-order valence-corrected chi connectivity index (χ3v) is 1.64. The summed E-state index contributed by atoms with van der Waals surface area (Å²) >= 11 is 3.61. The van der Waals surface area contributed by atoms with Crippen LogP contribution in [0.5, 0.6) is 0 Å². The van der Waals surface area contributed by atoms with Gasteiger partial charge in [0.25, 0.3) is 0 Å². The maximum absolute atomic E-state index is 12.1. The fraction of sp³-hybridized carbons (Fsp3) is 0.400. The van der Waals surface area contributed by atoms with Crippen LogP contribution in [0, 0.1) is 5.41 Å². The molecule has 0 aromatic rings. The summed E-state index contributed by atoms with van der Waals surface area (Å²) in [5.74, 6) is -0.624. The van der Waals surface area contributed by atoms with Crippen LogP contribution in [0.4, 0.5) is 13.2 Å². The van der Waals surface area contributed by atoms with Crippen LogP contribution in [0.25, 0.3) is 0 Å². The zero-order chi connectivity index (χ0) is 9.35. The lowest BCUT2D eigenvalue weighted by molar-refractivity contribution is -0.222. The summed E-state index contributed by atoms with van der Waals surface area (Å²) in [5, 5.41) is 9.28. The van der Waals surface area contributed by atoms with Gasteiger partial charge in [0.15, 0.2) is 5.50 Å². The lowest BCUT2D eigenvalue weighted by Crippen LogP contribution is -2.53. The number of alkyl halides is 3. The van der Waals surface area contributed by atoms with Crippen LogP contribution in [0.2, 0.25) is 0 Å². The number of nitrogens with one attached hydrogen (secondary N) is 2. The Balaban J connectivity index is 2.87. The quantitative estimate of drug-likeness (QED) is 0.402. The van der Waals surface area contributed by atoms with Gasteiger partial charge in [-0.3, -0.25) is 5.41 Å². The van der Waals surface area contributed by atoms with E-state index in [0.717, 1.165) is 6.08 Å². The minimum atomic E-state index is -4.57. The van der Waals surface area contributed by atoms with Crippen molar-refractivity contribution < 1.29 is 13.2 Å². The van der Waals surface area contributed by atoms with E-state index in [1.54, 1.807) is 0 Å². The maximum atomic E-state index is 12.1. The van der Waals surface area contributed by atoms with Gasteiger partial charge in [0.05, 0.1) is 0 Å². The molecule has 1 aliphatic rings. The predicted octanol–water partition coefficient (Wildman–Crippen LogP) is 1.12. The van der Waals surface area contributed by atoms with E-state index in [4.69, 9.17) is 5.41 Å². The minimum absolute atomic E-state index is 0.0872. The monoisotopic (exact) mass is 197 g/mol. The molecule has 0 amide bonds. The summed E-state index contributed by atoms with van der Waals surface area (Å²) < 4.78 is 36.3. The van der Waals surface area contributed by atoms with E-state index in [-0.39, 0.29) is 4.90 Å². The number of rotatable bonds is 0. The first kappa shape index (κ1) is 9.24. The molecule has 68 valence electrons. The molecule has 2 N–H and O–H groups in total. The number of nitrogens with zero attached hydrogens (tertiary/aromatic N) is 1. The topological polar surface area (TPSA) is 39.1 Å². The molecule has 7 heteroatoms. The minimum Gasteiger partial charge on any atom is -0.363 e. The summed E-state index contributed by atoms with van der Waals surface area (Å²) in [6, 6.07) is 0. The van der Waals surface area contributed by atoms with Gasteiger partial charge in [-0.15, -0.1) is 25.8 Å². The van der Waals surface area contributed by atoms with Crippen LogP contribution in [-0.4, -0.2) is 22.5 Å². The van der Waals surface area contributed by atoms with Crippen molar-refractivity contribution in [3.8, 4) is 0 Å². The van der Waals surface area contributed by atoms with E-state index in [1.807, 2.05) is 0 Å². The first-order chi connectivity index (χ1) is 5.43. The van der Waals surface area contributed by atoms with Crippen molar-refractivity contribution in [2.24, 2.45) is 0 Å². The van der Waals surface area contributed by atoms with E-state index in [2.05, 4.69) is 17.9 Å². The largest absolute Gasteiger partial charge is 0.488 e. The van der Waals surface area contributed by atoms with Gasteiger partial charge in [-0.05, 0) is 6.08 Å². The fourth-order valence-corrected chi connectivity index (χ4v) is 1.12. The zero-order valence-electron chi connectivity index (χ0n) is 5.76. The molecule has 1 heterocycles. The number of halogens is 3. The third-order valence-electron chi connectivity index (χ3n) is 1.26. The molecule has 1 rings (SSSR count). The Bertz CT molecular complexity index is 224. The summed E-state index contributed by atoms with van der Waals surface area (Å²) in [6.07, 6.45) is -2.30. The Labute approximate surface area is 72.2 Å². The molecule has 0 saturated carbocycles. The van der Waals surface area contributed by atoms with Crippen LogP contribution in [0.15, 0.2) is 12.3 Å². The van der Waals surface area contributed by atoms with E-state index in [9.17, 15) is 13.2 Å². The smallest absolute Gasteiger partial charge is 0.363 e. The summed E-state index contributed by atoms with van der Waals surface area (Å²) in [7, 11) is 0. The zero-order valence-corrected chi connectivity index (χ0v) is 6.65. The van der Waals surface area contributed by atoms with Gasteiger partial charge in [-0.2, -0.15) is 0 Å². The van der Waals surface area contributed by atoms with Crippen molar-refractivity contribution in [2.75, 3.05) is 0 Å². The second-order valence-electron chi connectivity index (χ2n) is 2.10. The van der Waals surface area contributed by atoms with Crippen molar-refractivity contribution in [3.63, 3.8) is 0 Å². The van der Waals surface area contributed by atoms with E-state index in [0.29, 0.717) is 0 Å². The molecule has 0 saturated heterocycles. The first-order valence-corrected chi connectivity index (χ1v) is 3.50. The van der Waals surface area contributed by atoms with E-state index < -0.39 is 17.6 Å².